The lowest BCUT2D eigenvalue weighted by atomic mass is 10.3. The number of aromatic amines is 2. The van der Waals surface area contributed by atoms with Gasteiger partial charge in [-0.2, -0.15) is 5.11 Å². The summed E-state index contributed by atoms with van der Waals surface area (Å²) in [5.41, 5.74) is 0.526. The Bertz CT molecular complexity index is 804. The minimum absolute atomic E-state index is 0.0268. The van der Waals surface area contributed by atoms with Gasteiger partial charge in [-0.1, -0.05) is 0 Å². The summed E-state index contributed by atoms with van der Waals surface area (Å²) >= 11 is 0. The van der Waals surface area contributed by atoms with Crippen LogP contribution in [-0.4, -0.2) is 25.7 Å². The molecular formula is C11H13N5O4S. The molecule has 0 aliphatic rings. The van der Waals surface area contributed by atoms with Crippen LogP contribution in [0, 0.1) is 0 Å². The minimum atomic E-state index is -3.75. The number of methoxy groups -OCH3 is 1. The third-order valence-electron chi connectivity index (χ3n) is 2.55. The molecule has 1 aromatic heterocycles. The van der Waals surface area contributed by atoms with Crippen LogP contribution in [0.15, 0.2) is 44.2 Å². The van der Waals surface area contributed by atoms with Gasteiger partial charge >= 0.3 is 0 Å². The van der Waals surface area contributed by atoms with Crippen molar-refractivity contribution in [3.8, 4) is 0 Å². The second kappa shape index (κ2) is 5.99. The zero-order valence-electron chi connectivity index (χ0n) is 11.0. The first kappa shape index (κ1) is 15.1. The smallest absolute Gasteiger partial charge is 0.292 e. The predicted molar refractivity (Wildman–Crippen MR) is 74.1 cm³/mol. The number of aromatic nitrogens is 2. The lowest BCUT2D eigenvalue weighted by molar-refractivity contribution is 0.182. The molecule has 21 heavy (non-hydrogen) atoms. The minimum Gasteiger partial charge on any atom is -0.378 e. The molecule has 0 aliphatic heterocycles. The van der Waals surface area contributed by atoms with Crippen LogP contribution >= 0.6 is 0 Å². The molecule has 0 unspecified atom stereocenters. The van der Waals surface area contributed by atoms with Gasteiger partial charge in [0.2, 0.25) is 10.0 Å². The number of nitrogens with two attached hydrogens (primary N) is 1. The van der Waals surface area contributed by atoms with E-state index in [-0.39, 0.29) is 17.2 Å². The maximum absolute atomic E-state index is 11.5. The average Bonchev–Trinajstić information content (AvgIpc) is 2.77. The van der Waals surface area contributed by atoms with Gasteiger partial charge in [-0.15, -0.1) is 5.11 Å². The molecule has 112 valence electrons. The third kappa shape index (κ3) is 3.62. The number of azo groups is 1. The standard InChI is InChI=1S/C11H13N5O4S/c1-20-6-9-10(11(17)16-14-9)15-13-7-2-4-8(5-3-7)21(12,18)19/h2-5H,6H2,1H3,(H2,12,18,19)(H2,14,16,17). The molecule has 0 saturated heterocycles. The highest BCUT2D eigenvalue weighted by molar-refractivity contribution is 7.89. The van der Waals surface area contributed by atoms with Crippen molar-refractivity contribution in [2.75, 3.05) is 7.11 Å². The molecular weight excluding hydrogens is 298 g/mol. The van der Waals surface area contributed by atoms with Crippen LogP contribution in [0.4, 0.5) is 11.4 Å². The number of hydrogen-bond acceptors (Lipinski definition) is 6. The maximum Gasteiger partial charge on any atom is 0.292 e. The highest BCUT2D eigenvalue weighted by Crippen LogP contribution is 2.19. The normalized spacial score (nSPS) is 12.1. The molecule has 0 spiro atoms. The van der Waals surface area contributed by atoms with Crippen molar-refractivity contribution in [2.24, 2.45) is 15.4 Å². The monoisotopic (exact) mass is 311 g/mol. The first-order chi connectivity index (χ1) is 9.91. The van der Waals surface area contributed by atoms with Crippen LogP contribution in [0.2, 0.25) is 0 Å². The summed E-state index contributed by atoms with van der Waals surface area (Å²) in [7, 11) is -2.26. The number of benzene rings is 1. The van der Waals surface area contributed by atoms with E-state index in [1.165, 1.54) is 31.4 Å². The van der Waals surface area contributed by atoms with Crippen LogP contribution in [-0.2, 0) is 21.4 Å². The first-order valence-electron chi connectivity index (χ1n) is 5.75. The van der Waals surface area contributed by atoms with Gasteiger partial charge in [0.15, 0.2) is 5.69 Å². The number of sulfonamides is 1. The summed E-state index contributed by atoms with van der Waals surface area (Å²) in [5, 5.41) is 17.7. The number of hydrogen-bond donors (Lipinski definition) is 3. The van der Waals surface area contributed by atoms with E-state index in [2.05, 4.69) is 20.4 Å². The van der Waals surface area contributed by atoms with Crippen LogP contribution < -0.4 is 10.7 Å². The lowest BCUT2D eigenvalue weighted by Crippen LogP contribution is -2.11. The topological polar surface area (TPSA) is 143 Å². The quantitative estimate of drug-likeness (QED) is 0.705. The predicted octanol–water partition coefficient (Wildman–Crippen LogP) is 0.912. The first-order valence-corrected chi connectivity index (χ1v) is 7.29. The Morgan fingerprint density at radius 3 is 2.43 bits per heavy atom. The molecule has 1 heterocycles. The SMILES string of the molecule is COCc1[nH][nH]c(=O)c1N=Nc1ccc(S(N)(=O)=O)cc1. The number of primary sulfonamides is 1. The summed E-state index contributed by atoms with van der Waals surface area (Å²) < 4.78 is 27.1. The summed E-state index contributed by atoms with van der Waals surface area (Å²) in [6, 6.07) is 5.47. The van der Waals surface area contributed by atoms with E-state index in [1.54, 1.807) is 0 Å². The maximum atomic E-state index is 11.5. The van der Waals surface area contributed by atoms with E-state index in [1.807, 2.05) is 0 Å². The fraction of sp³-hybridized carbons (Fsp3) is 0.182. The zero-order valence-corrected chi connectivity index (χ0v) is 11.8. The van der Waals surface area contributed by atoms with Crippen LogP contribution in [0.1, 0.15) is 5.69 Å². The van der Waals surface area contributed by atoms with E-state index in [0.29, 0.717) is 11.4 Å². The molecule has 0 bridgehead atoms. The number of nitrogens with one attached hydrogen (secondary N) is 2. The number of nitrogens with zero attached hydrogens (tertiary/aromatic N) is 2. The highest BCUT2D eigenvalue weighted by Gasteiger charge is 2.09. The highest BCUT2D eigenvalue weighted by atomic mass is 32.2. The van der Waals surface area contributed by atoms with Crippen molar-refractivity contribution in [2.45, 2.75) is 11.5 Å². The Balaban J connectivity index is 2.26. The Hall–Kier alpha value is -2.30. The Labute approximate surface area is 119 Å². The number of rotatable bonds is 5. The van der Waals surface area contributed by atoms with Crippen molar-refractivity contribution >= 4 is 21.4 Å². The van der Waals surface area contributed by atoms with Crippen LogP contribution in [0.5, 0.6) is 0 Å². The van der Waals surface area contributed by atoms with Crippen molar-refractivity contribution in [1.82, 2.24) is 10.2 Å². The van der Waals surface area contributed by atoms with Gasteiger partial charge < -0.3 is 4.74 Å². The molecule has 9 nitrogen and oxygen atoms in total. The summed E-state index contributed by atoms with van der Waals surface area (Å²) in [5.74, 6) is 0. The lowest BCUT2D eigenvalue weighted by Gasteiger charge is -1.98. The fourth-order valence-electron chi connectivity index (χ4n) is 1.55. The second-order valence-electron chi connectivity index (χ2n) is 4.08. The van der Waals surface area contributed by atoms with Gasteiger partial charge in [0, 0.05) is 7.11 Å². The molecule has 0 saturated carbocycles. The van der Waals surface area contributed by atoms with Gasteiger partial charge in [0.05, 0.1) is 22.9 Å². The van der Waals surface area contributed by atoms with E-state index < -0.39 is 15.6 Å². The van der Waals surface area contributed by atoms with Gasteiger partial charge in [0.1, 0.15) is 0 Å². The van der Waals surface area contributed by atoms with Crippen LogP contribution in [0.25, 0.3) is 0 Å². The molecule has 0 atom stereocenters. The molecule has 1 aromatic carbocycles. The summed E-state index contributed by atoms with van der Waals surface area (Å²) in [4.78, 5) is 11.5. The van der Waals surface area contributed by atoms with Gasteiger partial charge in [0.25, 0.3) is 5.56 Å². The zero-order chi connectivity index (χ0) is 15.5. The van der Waals surface area contributed by atoms with Crippen molar-refractivity contribution in [1.29, 1.82) is 0 Å². The number of H-pyrrole nitrogens is 2. The molecule has 2 rings (SSSR count). The van der Waals surface area contributed by atoms with Crippen molar-refractivity contribution in [3.63, 3.8) is 0 Å². The Kier molecular flexibility index (Phi) is 4.31. The largest absolute Gasteiger partial charge is 0.378 e. The fourth-order valence-corrected chi connectivity index (χ4v) is 2.07. The third-order valence-corrected chi connectivity index (χ3v) is 3.48. The molecule has 4 N–H and O–H groups in total. The number of ether oxygens (including phenoxy) is 1. The average molecular weight is 311 g/mol. The molecule has 2 aromatic rings. The molecule has 0 fully saturated rings. The van der Waals surface area contributed by atoms with E-state index in [9.17, 15) is 13.2 Å². The van der Waals surface area contributed by atoms with Gasteiger partial charge in [-0.3, -0.25) is 15.0 Å². The molecule has 0 radical (unpaired) electrons. The summed E-state index contributed by atoms with van der Waals surface area (Å²) in [6.07, 6.45) is 0. The van der Waals surface area contributed by atoms with Gasteiger partial charge in [-0.05, 0) is 24.3 Å². The summed E-state index contributed by atoms with van der Waals surface area (Å²) in [6.45, 7) is 0.178. The Morgan fingerprint density at radius 2 is 1.86 bits per heavy atom. The van der Waals surface area contributed by atoms with Gasteiger partial charge in [-0.25, -0.2) is 13.6 Å². The molecule has 0 amide bonds. The Morgan fingerprint density at radius 1 is 1.19 bits per heavy atom. The van der Waals surface area contributed by atoms with Crippen LogP contribution in [0.3, 0.4) is 0 Å². The van der Waals surface area contributed by atoms with E-state index in [0.717, 1.165) is 0 Å². The van der Waals surface area contributed by atoms with Crippen molar-refractivity contribution in [3.05, 3.63) is 40.3 Å². The van der Waals surface area contributed by atoms with E-state index >= 15 is 0 Å². The molecule has 10 heteroatoms. The van der Waals surface area contributed by atoms with Crippen molar-refractivity contribution < 1.29 is 13.2 Å². The second-order valence-corrected chi connectivity index (χ2v) is 5.64. The van der Waals surface area contributed by atoms with E-state index in [4.69, 9.17) is 9.88 Å². The molecule has 0 aliphatic carbocycles.